The van der Waals surface area contributed by atoms with Crippen LogP contribution in [-0.4, -0.2) is 27.5 Å². The zero-order valence-corrected chi connectivity index (χ0v) is 12.2. The number of aryl methyl sites for hydroxylation is 1. The van der Waals surface area contributed by atoms with Gasteiger partial charge in [-0.3, -0.25) is 25.4 Å². The van der Waals surface area contributed by atoms with Gasteiger partial charge in [-0.1, -0.05) is 18.2 Å². The summed E-state index contributed by atoms with van der Waals surface area (Å²) in [6.07, 6.45) is 4.20. The van der Waals surface area contributed by atoms with Crippen LogP contribution in [0.5, 0.6) is 0 Å². The molecule has 21 heavy (non-hydrogen) atoms. The summed E-state index contributed by atoms with van der Waals surface area (Å²) >= 11 is 1.41. The normalized spacial score (nSPS) is 9.95. The minimum Gasteiger partial charge on any atom is -0.272 e. The van der Waals surface area contributed by atoms with Crippen molar-refractivity contribution in [2.75, 3.05) is 5.75 Å². The maximum absolute atomic E-state index is 11.7. The lowest BCUT2D eigenvalue weighted by molar-refractivity contribution is -0.119. The Bertz CT molecular complexity index is 634. The van der Waals surface area contributed by atoms with Gasteiger partial charge in [-0.2, -0.15) is 0 Å². The van der Waals surface area contributed by atoms with Crippen molar-refractivity contribution < 1.29 is 9.59 Å². The Hall–Kier alpha value is -2.41. The molecule has 2 N–H and O–H groups in total. The Kier molecular flexibility index (Phi) is 5.28. The van der Waals surface area contributed by atoms with E-state index >= 15 is 0 Å². The minimum absolute atomic E-state index is 0.143. The second-order valence-electron chi connectivity index (χ2n) is 4.15. The molecule has 2 amide bonds. The molecule has 0 aliphatic heterocycles. The Morgan fingerprint density at radius 2 is 2.00 bits per heavy atom. The van der Waals surface area contributed by atoms with Gasteiger partial charge in [0.25, 0.3) is 5.91 Å². The van der Waals surface area contributed by atoms with Gasteiger partial charge in [-0.25, -0.2) is 4.98 Å². The van der Waals surface area contributed by atoms with E-state index in [9.17, 15) is 9.59 Å². The van der Waals surface area contributed by atoms with Crippen molar-refractivity contribution in [1.29, 1.82) is 0 Å². The third-order valence-electron chi connectivity index (χ3n) is 2.56. The largest absolute Gasteiger partial charge is 0.289 e. The van der Waals surface area contributed by atoms with Gasteiger partial charge < -0.3 is 0 Å². The molecule has 0 bridgehead atoms. The summed E-state index contributed by atoms with van der Waals surface area (Å²) in [6.45, 7) is 1.98. The summed E-state index contributed by atoms with van der Waals surface area (Å²) in [7, 11) is 0. The van der Waals surface area contributed by atoms with Gasteiger partial charge in [0.2, 0.25) is 5.91 Å². The number of amides is 2. The highest BCUT2D eigenvalue weighted by atomic mass is 32.2. The molecule has 0 radical (unpaired) electrons. The van der Waals surface area contributed by atoms with Gasteiger partial charge in [0.1, 0.15) is 5.69 Å². The number of benzene rings is 1. The predicted octanol–water partition coefficient (Wildman–Crippen LogP) is 1.34. The molecule has 6 nitrogen and oxygen atoms in total. The summed E-state index contributed by atoms with van der Waals surface area (Å²) in [6, 6.07) is 7.80. The molecule has 2 aromatic rings. The highest BCUT2D eigenvalue weighted by Gasteiger charge is 2.09. The van der Waals surface area contributed by atoms with E-state index in [0.29, 0.717) is 0 Å². The Morgan fingerprint density at radius 3 is 2.71 bits per heavy atom. The molecule has 0 unspecified atom stereocenters. The minimum atomic E-state index is -0.502. The fraction of sp³-hybridized carbons (Fsp3) is 0.143. The number of carbonyl (C=O) groups is 2. The first-order valence-electron chi connectivity index (χ1n) is 6.20. The lowest BCUT2D eigenvalue weighted by atomic mass is 10.2. The maximum Gasteiger partial charge on any atom is 0.289 e. The average molecular weight is 302 g/mol. The van der Waals surface area contributed by atoms with E-state index < -0.39 is 5.91 Å². The second-order valence-corrected chi connectivity index (χ2v) is 5.16. The molecule has 0 saturated heterocycles. The first-order chi connectivity index (χ1) is 10.2. The first-order valence-corrected chi connectivity index (χ1v) is 7.19. The number of hydrogen-bond donors (Lipinski definition) is 2. The van der Waals surface area contributed by atoms with Crippen molar-refractivity contribution in [2.45, 2.75) is 11.8 Å². The predicted molar refractivity (Wildman–Crippen MR) is 79.5 cm³/mol. The monoisotopic (exact) mass is 302 g/mol. The van der Waals surface area contributed by atoms with E-state index in [0.717, 1.165) is 10.5 Å². The number of thioether (sulfide) groups is 1. The summed E-state index contributed by atoms with van der Waals surface area (Å²) in [4.78, 5) is 32.0. The smallest absolute Gasteiger partial charge is 0.272 e. The summed E-state index contributed by atoms with van der Waals surface area (Å²) < 4.78 is 0. The van der Waals surface area contributed by atoms with E-state index in [-0.39, 0.29) is 17.4 Å². The molecule has 0 saturated carbocycles. The van der Waals surface area contributed by atoms with Gasteiger partial charge in [0.15, 0.2) is 0 Å². The Labute approximate surface area is 126 Å². The molecule has 2 rings (SSSR count). The number of nitrogens with zero attached hydrogens (tertiary/aromatic N) is 2. The van der Waals surface area contributed by atoms with Gasteiger partial charge >= 0.3 is 0 Å². The van der Waals surface area contributed by atoms with E-state index in [1.54, 1.807) is 0 Å². The maximum atomic E-state index is 11.7. The second kappa shape index (κ2) is 7.39. The third kappa shape index (κ3) is 4.57. The number of aromatic nitrogens is 2. The molecule has 0 fully saturated rings. The molecule has 108 valence electrons. The molecule has 0 aliphatic rings. The number of rotatable bonds is 4. The molecule has 0 aliphatic carbocycles. The van der Waals surface area contributed by atoms with Crippen LogP contribution in [0.1, 0.15) is 16.1 Å². The van der Waals surface area contributed by atoms with Crippen molar-refractivity contribution >= 4 is 23.6 Å². The van der Waals surface area contributed by atoms with Crippen molar-refractivity contribution in [1.82, 2.24) is 20.8 Å². The van der Waals surface area contributed by atoms with Gasteiger partial charge in [-0.15, -0.1) is 11.8 Å². The van der Waals surface area contributed by atoms with Crippen LogP contribution >= 0.6 is 11.8 Å². The van der Waals surface area contributed by atoms with E-state index in [1.165, 1.54) is 30.4 Å². The standard InChI is InChI=1S/C14H14N4O2S/c1-10-4-2-3-5-12(10)21-9-13(19)17-18-14(20)11-8-15-6-7-16-11/h2-8H,9H2,1H3,(H,17,19)(H,18,20). The Morgan fingerprint density at radius 1 is 1.19 bits per heavy atom. The summed E-state index contributed by atoms with van der Waals surface area (Å²) in [5.41, 5.74) is 5.89. The number of carbonyl (C=O) groups excluding carboxylic acids is 2. The van der Waals surface area contributed by atoms with Crippen LogP contribution in [0.3, 0.4) is 0 Å². The number of hydrogen-bond acceptors (Lipinski definition) is 5. The summed E-state index contributed by atoms with van der Waals surface area (Å²) in [5, 5.41) is 0. The van der Waals surface area contributed by atoms with Crippen LogP contribution in [0.25, 0.3) is 0 Å². The molecular weight excluding hydrogens is 288 g/mol. The average Bonchev–Trinajstić information content (AvgIpc) is 2.52. The quantitative estimate of drug-likeness (QED) is 0.657. The third-order valence-corrected chi connectivity index (χ3v) is 3.74. The van der Waals surface area contributed by atoms with Crippen molar-refractivity contribution in [3.8, 4) is 0 Å². The van der Waals surface area contributed by atoms with Gasteiger partial charge in [-0.05, 0) is 18.6 Å². The highest BCUT2D eigenvalue weighted by Crippen LogP contribution is 2.21. The van der Waals surface area contributed by atoms with Crippen LogP contribution in [0.15, 0.2) is 47.8 Å². The van der Waals surface area contributed by atoms with Crippen LogP contribution < -0.4 is 10.9 Å². The van der Waals surface area contributed by atoms with E-state index in [1.807, 2.05) is 31.2 Å². The molecule has 0 spiro atoms. The fourth-order valence-electron chi connectivity index (χ4n) is 1.50. The van der Waals surface area contributed by atoms with Gasteiger partial charge in [0.05, 0.1) is 11.9 Å². The van der Waals surface area contributed by atoms with E-state index in [4.69, 9.17) is 0 Å². The zero-order chi connectivity index (χ0) is 15.1. The zero-order valence-electron chi connectivity index (χ0n) is 11.4. The van der Waals surface area contributed by atoms with E-state index in [2.05, 4.69) is 20.8 Å². The molecule has 7 heteroatoms. The first kappa shape index (κ1) is 15.0. The van der Waals surface area contributed by atoms with Crippen molar-refractivity contribution in [2.24, 2.45) is 0 Å². The summed E-state index contributed by atoms with van der Waals surface area (Å²) in [5.74, 6) is -0.580. The van der Waals surface area contributed by atoms with Crippen LogP contribution in [-0.2, 0) is 4.79 Å². The molecule has 1 heterocycles. The van der Waals surface area contributed by atoms with Gasteiger partial charge in [0, 0.05) is 17.3 Å². The number of hydrazine groups is 1. The topological polar surface area (TPSA) is 84.0 Å². The van der Waals surface area contributed by atoms with Crippen LogP contribution in [0.2, 0.25) is 0 Å². The lowest BCUT2D eigenvalue weighted by Gasteiger charge is -2.07. The lowest BCUT2D eigenvalue weighted by Crippen LogP contribution is -2.42. The van der Waals surface area contributed by atoms with Crippen molar-refractivity contribution in [3.63, 3.8) is 0 Å². The fourth-order valence-corrected chi connectivity index (χ4v) is 2.33. The SMILES string of the molecule is Cc1ccccc1SCC(=O)NNC(=O)c1cnccn1. The molecule has 0 atom stereocenters. The molecule has 1 aromatic carbocycles. The van der Waals surface area contributed by atoms with Crippen LogP contribution in [0.4, 0.5) is 0 Å². The number of nitrogens with one attached hydrogen (secondary N) is 2. The van der Waals surface area contributed by atoms with Crippen LogP contribution in [0, 0.1) is 6.92 Å². The van der Waals surface area contributed by atoms with Crippen molar-refractivity contribution in [3.05, 3.63) is 54.1 Å². The molecular formula is C14H14N4O2S. The Balaban J connectivity index is 1.78. The highest BCUT2D eigenvalue weighted by molar-refractivity contribution is 8.00. The molecule has 1 aromatic heterocycles.